The number of rotatable bonds is 7. The Hall–Kier alpha value is -3.60. The van der Waals surface area contributed by atoms with Crippen LogP contribution in [-0.4, -0.2) is 19.1 Å². The first kappa shape index (κ1) is 20.7. The summed E-state index contributed by atoms with van der Waals surface area (Å²) in [5, 5.41) is 0. The van der Waals surface area contributed by atoms with Gasteiger partial charge < -0.3 is 14.4 Å². The van der Waals surface area contributed by atoms with Crippen LogP contribution in [0.15, 0.2) is 66.7 Å². The van der Waals surface area contributed by atoms with Gasteiger partial charge in [-0.15, -0.1) is 0 Å². The summed E-state index contributed by atoms with van der Waals surface area (Å²) in [5.41, 5.74) is 3.81. The van der Waals surface area contributed by atoms with E-state index in [1.165, 1.54) is 6.07 Å². The van der Waals surface area contributed by atoms with Crippen molar-refractivity contribution in [3.63, 3.8) is 0 Å². The largest absolute Gasteiger partial charge is 0.490 e. The number of amides is 1. The average Bonchev–Trinajstić information content (AvgIpc) is 3.05. The molecule has 4 rings (SSSR count). The van der Waals surface area contributed by atoms with Crippen LogP contribution in [-0.2, 0) is 11.4 Å². The number of para-hydroxylation sites is 1. The van der Waals surface area contributed by atoms with Crippen LogP contribution in [0.1, 0.15) is 30.5 Å². The third-order valence-electron chi connectivity index (χ3n) is 5.20. The molecule has 0 radical (unpaired) electrons. The minimum atomic E-state index is -0.305. The lowest BCUT2D eigenvalue weighted by Crippen LogP contribution is -2.25. The molecule has 0 aromatic heterocycles. The van der Waals surface area contributed by atoms with Crippen molar-refractivity contribution in [2.24, 2.45) is 0 Å². The number of anilines is 1. The lowest BCUT2D eigenvalue weighted by molar-refractivity contribution is -0.112. The van der Waals surface area contributed by atoms with Crippen molar-refractivity contribution >= 4 is 23.2 Å². The van der Waals surface area contributed by atoms with Gasteiger partial charge in [-0.25, -0.2) is 4.39 Å². The van der Waals surface area contributed by atoms with Crippen molar-refractivity contribution in [3.8, 4) is 11.5 Å². The molecule has 0 saturated carbocycles. The van der Waals surface area contributed by atoms with Crippen LogP contribution in [0.5, 0.6) is 11.5 Å². The fourth-order valence-electron chi connectivity index (χ4n) is 3.70. The number of halogens is 1. The van der Waals surface area contributed by atoms with Crippen LogP contribution >= 0.6 is 0 Å². The minimum absolute atomic E-state index is 0.0125. The quantitative estimate of drug-likeness (QED) is 0.462. The van der Waals surface area contributed by atoms with Crippen LogP contribution in [0, 0.1) is 5.82 Å². The van der Waals surface area contributed by atoms with E-state index >= 15 is 0 Å². The van der Waals surface area contributed by atoms with Crippen molar-refractivity contribution < 1.29 is 18.7 Å². The van der Waals surface area contributed by atoms with Crippen molar-refractivity contribution in [2.75, 3.05) is 18.1 Å². The zero-order valence-electron chi connectivity index (χ0n) is 17.6. The first-order chi connectivity index (χ1) is 15.1. The lowest BCUT2D eigenvalue weighted by atomic mass is 10.0. The summed E-state index contributed by atoms with van der Waals surface area (Å²) in [6.45, 7) is 5.03. The number of likely N-dealkylation sites (N-methyl/N-ethyl adjacent to an activating group) is 1. The number of ether oxygens (including phenoxy) is 2. The molecule has 3 aromatic carbocycles. The van der Waals surface area contributed by atoms with E-state index in [9.17, 15) is 9.18 Å². The molecule has 5 heteroatoms. The fourth-order valence-corrected chi connectivity index (χ4v) is 3.70. The van der Waals surface area contributed by atoms with Gasteiger partial charge in [-0.1, -0.05) is 42.5 Å². The first-order valence-corrected chi connectivity index (χ1v) is 10.4. The predicted molar refractivity (Wildman–Crippen MR) is 121 cm³/mol. The molecule has 31 heavy (non-hydrogen) atoms. The summed E-state index contributed by atoms with van der Waals surface area (Å²) < 4.78 is 25.5. The van der Waals surface area contributed by atoms with E-state index in [2.05, 4.69) is 0 Å². The number of carbonyl (C=O) groups excluding carboxylic acids is 1. The predicted octanol–water partition coefficient (Wildman–Crippen LogP) is 5.71. The molecule has 0 atom stereocenters. The number of hydrogen-bond acceptors (Lipinski definition) is 3. The van der Waals surface area contributed by atoms with E-state index in [-0.39, 0.29) is 18.3 Å². The van der Waals surface area contributed by atoms with E-state index in [1.54, 1.807) is 29.2 Å². The highest BCUT2D eigenvalue weighted by Gasteiger charge is 2.30. The minimum Gasteiger partial charge on any atom is -0.490 e. The molecule has 0 N–H and O–H groups in total. The fraction of sp³-hybridized carbons (Fsp3) is 0.192. The molecular formula is C26H24FNO3. The molecule has 0 aliphatic carbocycles. The molecule has 1 aliphatic heterocycles. The third kappa shape index (κ3) is 4.17. The number of hydrogen-bond donors (Lipinski definition) is 0. The van der Waals surface area contributed by atoms with E-state index in [0.29, 0.717) is 35.8 Å². The van der Waals surface area contributed by atoms with Crippen molar-refractivity contribution in [1.82, 2.24) is 0 Å². The van der Waals surface area contributed by atoms with Gasteiger partial charge >= 0.3 is 0 Å². The molecule has 158 valence electrons. The van der Waals surface area contributed by atoms with Gasteiger partial charge in [-0.3, -0.25) is 4.79 Å². The molecule has 0 spiro atoms. The molecule has 4 nitrogen and oxygen atoms in total. The maximum Gasteiger partial charge on any atom is 0.258 e. The Morgan fingerprint density at radius 2 is 1.71 bits per heavy atom. The average molecular weight is 417 g/mol. The first-order valence-electron chi connectivity index (χ1n) is 10.4. The van der Waals surface area contributed by atoms with Gasteiger partial charge in [0.1, 0.15) is 12.4 Å². The summed E-state index contributed by atoms with van der Waals surface area (Å²) >= 11 is 0. The Balaban J connectivity index is 1.64. The second-order valence-electron chi connectivity index (χ2n) is 7.14. The summed E-state index contributed by atoms with van der Waals surface area (Å²) in [7, 11) is 0. The molecular weight excluding hydrogens is 393 g/mol. The zero-order valence-corrected chi connectivity index (χ0v) is 17.6. The van der Waals surface area contributed by atoms with Gasteiger partial charge in [0.05, 0.1) is 12.3 Å². The highest BCUT2D eigenvalue weighted by atomic mass is 19.1. The summed E-state index contributed by atoms with van der Waals surface area (Å²) in [4.78, 5) is 14.7. The summed E-state index contributed by atoms with van der Waals surface area (Å²) in [6, 6.07) is 19.8. The third-order valence-corrected chi connectivity index (χ3v) is 5.20. The molecule has 0 unspecified atom stereocenters. The van der Waals surface area contributed by atoms with Gasteiger partial charge in [-0.05, 0) is 49.8 Å². The SMILES string of the molecule is CCOc1cc(/C=C2\C(=O)N(CC)c3ccccc32)ccc1OCc1ccccc1F. The zero-order chi connectivity index (χ0) is 21.8. The van der Waals surface area contributed by atoms with Crippen LogP contribution in [0.3, 0.4) is 0 Å². The number of fused-ring (bicyclic) bond motifs is 1. The Labute approximate surface area is 181 Å². The van der Waals surface area contributed by atoms with Gasteiger partial charge in [0.25, 0.3) is 5.91 Å². The van der Waals surface area contributed by atoms with Gasteiger partial charge in [0.2, 0.25) is 0 Å². The second kappa shape index (κ2) is 9.04. The highest BCUT2D eigenvalue weighted by Crippen LogP contribution is 2.38. The smallest absolute Gasteiger partial charge is 0.258 e. The van der Waals surface area contributed by atoms with Gasteiger partial charge in [-0.2, -0.15) is 0 Å². The number of nitrogens with zero attached hydrogens (tertiary/aromatic N) is 1. The highest BCUT2D eigenvalue weighted by molar-refractivity contribution is 6.35. The van der Waals surface area contributed by atoms with Gasteiger partial charge in [0.15, 0.2) is 11.5 Å². The van der Waals surface area contributed by atoms with Crippen LogP contribution in [0.25, 0.3) is 11.6 Å². The number of carbonyl (C=O) groups is 1. The van der Waals surface area contributed by atoms with Crippen molar-refractivity contribution in [3.05, 3.63) is 89.2 Å². The molecule has 1 heterocycles. The van der Waals surface area contributed by atoms with Crippen LogP contribution in [0.2, 0.25) is 0 Å². The van der Waals surface area contributed by atoms with Gasteiger partial charge in [0, 0.05) is 23.2 Å². The van der Waals surface area contributed by atoms with E-state index in [0.717, 1.165) is 16.8 Å². The normalized spacial score (nSPS) is 14.1. The Bertz CT molecular complexity index is 1140. The summed E-state index contributed by atoms with van der Waals surface area (Å²) in [6.07, 6.45) is 1.87. The Morgan fingerprint density at radius 3 is 2.48 bits per heavy atom. The van der Waals surface area contributed by atoms with E-state index in [1.807, 2.05) is 56.3 Å². The lowest BCUT2D eigenvalue weighted by Gasteiger charge is -2.14. The van der Waals surface area contributed by atoms with Crippen molar-refractivity contribution in [2.45, 2.75) is 20.5 Å². The Morgan fingerprint density at radius 1 is 0.935 bits per heavy atom. The molecule has 1 amide bonds. The Kier molecular flexibility index (Phi) is 6.03. The maximum absolute atomic E-state index is 13.9. The number of benzene rings is 3. The summed E-state index contributed by atoms with van der Waals surface area (Å²) in [5.74, 6) is 0.766. The van der Waals surface area contributed by atoms with Crippen molar-refractivity contribution in [1.29, 1.82) is 0 Å². The molecule has 1 aliphatic rings. The van der Waals surface area contributed by atoms with E-state index in [4.69, 9.17) is 9.47 Å². The molecule has 0 saturated heterocycles. The molecule has 3 aromatic rings. The maximum atomic E-state index is 13.9. The standard InChI is InChI=1S/C26H24FNO3/c1-3-28-23-12-8-6-10-20(23)21(26(28)29)15-18-13-14-24(25(16-18)30-4-2)31-17-19-9-5-7-11-22(19)27/h5-16H,3-4,17H2,1-2H3/b21-15-. The molecule has 0 bridgehead atoms. The second-order valence-corrected chi connectivity index (χ2v) is 7.14. The monoisotopic (exact) mass is 417 g/mol. The van der Waals surface area contributed by atoms with E-state index < -0.39 is 0 Å². The van der Waals surface area contributed by atoms with Crippen LogP contribution < -0.4 is 14.4 Å². The van der Waals surface area contributed by atoms with Crippen LogP contribution in [0.4, 0.5) is 10.1 Å². The topological polar surface area (TPSA) is 38.8 Å². The molecule has 0 fully saturated rings.